The van der Waals surface area contributed by atoms with Gasteiger partial charge in [-0.05, 0) is 106 Å². The Morgan fingerprint density at radius 3 is 2.23 bits per heavy atom. The van der Waals surface area contributed by atoms with Gasteiger partial charge in [-0.2, -0.15) is 4.31 Å². The molecule has 13 nitrogen and oxygen atoms in total. The molecule has 4 heterocycles. The van der Waals surface area contributed by atoms with Gasteiger partial charge in [0.15, 0.2) is 4.90 Å². The van der Waals surface area contributed by atoms with E-state index < -0.39 is 41.6 Å². The van der Waals surface area contributed by atoms with Gasteiger partial charge in [-0.3, -0.25) is 30.0 Å². The molecule has 5 aromatic rings. The quantitative estimate of drug-likeness (QED) is 0.0982. The minimum absolute atomic E-state index is 0.0147. The molecule has 0 saturated carbocycles. The zero-order valence-corrected chi connectivity index (χ0v) is 31.1. The average Bonchev–Trinajstić information content (AvgIpc) is 3.86. The Hall–Kier alpha value is -4.99. The van der Waals surface area contributed by atoms with Crippen LogP contribution in [-0.2, 0) is 33.1 Å². The second-order valence-corrected chi connectivity index (χ2v) is 16.7. The molecule has 0 spiro atoms. The number of carbonyl (C=O) groups is 1. The number of hydrogen-bond acceptors (Lipinski definition) is 9. The van der Waals surface area contributed by atoms with Gasteiger partial charge in [0.05, 0.1) is 27.0 Å². The zero-order chi connectivity index (χ0) is 37.4. The van der Waals surface area contributed by atoms with Gasteiger partial charge in [-0.15, -0.1) is 11.3 Å². The summed E-state index contributed by atoms with van der Waals surface area (Å²) in [5.41, 5.74) is 3.33. The molecule has 0 aliphatic carbocycles. The summed E-state index contributed by atoms with van der Waals surface area (Å²) in [5, 5.41) is 24.4. The number of aromatic amines is 1. The molecule has 1 saturated heterocycles. The number of nitro groups is 2. The largest absolute Gasteiger partial charge is 0.346 e. The lowest BCUT2D eigenvalue weighted by Crippen LogP contribution is -2.41. The van der Waals surface area contributed by atoms with Crippen molar-refractivity contribution in [2.75, 3.05) is 26.2 Å². The van der Waals surface area contributed by atoms with E-state index in [1.807, 2.05) is 38.7 Å². The number of benzene rings is 2. The van der Waals surface area contributed by atoms with Gasteiger partial charge in [0.1, 0.15) is 4.83 Å². The first kappa shape index (κ1) is 36.8. The first-order valence-electron chi connectivity index (χ1n) is 17.0. The molecule has 6 rings (SSSR count). The van der Waals surface area contributed by atoms with Crippen molar-refractivity contribution in [2.45, 2.75) is 63.7 Å². The van der Waals surface area contributed by atoms with Crippen LogP contribution in [0.3, 0.4) is 0 Å². The van der Waals surface area contributed by atoms with E-state index in [2.05, 4.69) is 28.2 Å². The SMILES string of the molecule is Cc1cc(C)cc(-c2[nH]c3sc(C(C)(C)C(=O)N4CCCC4)cc3c2CCN(CCc2ccncc2)S(=O)(=O)c2ccc([N+](=O)[O-])cc2[N+](=O)[O-])c1. The number of nitro benzene ring substituents is 2. The van der Waals surface area contributed by atoms with Crippen molar-refractivity contribution in [3.05, 3.63) is 114 Å². The molecule has 52 heavy (non-hydrogen) atoms. The number of hydrogen-bond donors (Lipinski definition) is 1. The first-order chi connectivity index (χ1) is 24.7. The Balaban J connectivity index is 1.43. The number of likely N-dealkylation sites (tertiary alicyclic amines) is 1. The van der Waals surface area contributed by atoms with Gasteiger partial charge < -0.3 is 9.88 Å². The molecule has 1 N–H and O–H groups in total. The molecule has 272 valence electrons. The van der Waals surface area contributed by atoms with E-state index in [0.717, 1.165) is 86.7 Å². The fraction of sp³-hybridized carbons (Fsp3) is 0.351. The molecular formula is C37H40N6O7S2. The van der Waals surface area contributed by atoms with Crippen LogP contribution < -0.4 is 0 Å². The number of H-pyrrole nitrogens is 1. The highest BCUT2D eigenvalue weighted by Crippen LogP contribution is 2.41. The van der Waals surface area contributed by atoms with Crippen LogP contribution in [-0.4, -0.2) is 69.5 Å². The summed E-state index contributed by atoms with van der Waals surface area (Å²) < 4.78 is 29.9. The topological polar surface area (TPSA) is 173 Å². The highest BCUT2D eigenvalue weighted by molar-refractivity contribution is 7.89. The van der Waals surface area contributed by atoms with E-state index >= 15 is 0 Å². The third-order valence-corrected chi connectivity index (χ3v) is 13.0. The molecular weight excluding hydrogens is 705 g/mol. The number of amides is 1. The molecule has 3 aromatic heterocycles. The minimum Gasteiger partial charge on any atom is -0.346 e. The molecule has 2 aromatic carbocycles. The standard InChI is InChI=1S/C37H40N6O7S2/c1-24-19-25(2)21-27(20-24)34-29(30-23-33(51-35(30)39-34)37(3,4)36(44)40-15-5-6-16-40)12-18-41(17-11-26-9-13-38-14-10-26)52(49,50)32-8-7-28(42(45)46)22-31(32)43(47)48/h7-10,13-14,19-23,39H,5-6,11-12,15-18H2,1-4H3. The predicted octanol–water partition coefficient (Wildman–Crippen LogP) is 7.10. The van der Waals surface area contributed by atoms with E-state index in [0.29, 0.717) is 12.5 Å². The van der Waals surface area contributed by atoms with Gasteiger partial charge >= 0.3 is 0 Å². The van der Waals surface area contributed by atoms with Crippen LogP contribution in [0.2, 0.25) is 0 Å². The van der Waals surface area contributed by atoms with Gasteiger partial charge in [0.25, 0.3) is 11.4 Å². The number of carbonyl (C=O) groups excluding carboxylic acids is 1. The molecule has 15 heteroatoms. The van der Waals surface area contributed by atoms with Crippen LogP contribution in [0.4, 0.5) is 11.4 Å². The van der Waals surface area contributed by atoms with Crippen molar-refractivity contribution in [3.63, 3.8) is 0 Å². The summed E-state index contributed by atoms with van der Waals surface area (Å²) in [4.78, 5) is 46.1. The third kappa shape index (κ3) is 7.34. The number of thiophene rings is 1. The average molecular weight is 745 g/mol. The van der Waals surface area contributed by atoms with Gasteiger partial charge in [-0.25, -0.2) is 8.42 Å². The number of fused-ring (bicyclic) bond motifs is 1. The van der Waals surface area contributed by atoms with Crippen molar-refractivity contribution in [1.29, 1.82) is 0 Å². The van der Waals surface area contributed by atoms with Crippen LogP contribution in [0.15, 0.2) is 71.9 Å². The molecule has 0 unspecified atom stereocenters. The smallest absolute Gasteiger partial charge is 0.296 e. The maximum Gasteiger partial charge on any atom is 0.296 e. The predicted molar refractivity (Wildman–Crippen MR) is 200 cm³/mol. The summed E-state index contributed by atoms with van der Waals surface area (Å²) >= 11 is 1.51. The van der Waals surface area contributed by atoms with Crippen molar-refractivity contribution < 1.29 is 23.1 Å². The van der Waals surface area contributed by atoms with Crippen LogP contribution >= 0.6 is 11.3 Å². The van der Waals surface area contributed by atoms with Crippen molar-refractivity contribution in [2.24, 2.45) is 0 Å². The number of nitrogens with one attached hydrogen (secondary N) is 1. The first-order valence-corrected chi connectivity index (χ1v) is 19.3. The number of rotatable bonds is 13. The number of nitrogens with zero attached hydrogens (tertiary/aromatic N) is 5. The van der Waals surface area contributed by atoms with Crippen LogP contribution in [0.1, 0.15) is 53.8 Å². The molecule has 1 aliphatic heterocycles. The van der Waals surface area contributed by atoms with E-state index in [9.17, 15) is 33.4 Å². The maximum atomic E-state index is 14.4. The summed E-state index contributed by atoms with van der Waals surface area (Å²) in [6.07, 6.45) is 5.71. The Morgan fingerprint density at radius 1 is 0.942 bits per heavy atom. The monoisotopic (exact) mass is 744 g/mol. The molecule has 1 amide bonds. The number of pyridine rings is 1. The number of aryl methyl sites for hydroxylation is 2. The maximum absolute atomic E-state index is 14.4. The summed E-state index contributed by atoms with van der Waals surface area (Å²) in [6, 6.07) is 14.3. The third-order valence-electron chi connectivity index (χ3n) is 9.63. The number of aromatic nitrogens is 2. The molecule has 0 radical (unpaired) electrons. The van der Waals surface area contributed by atoms with Crippen LogP contribution in [0.25, 0.3) is 21.5 Å². The van der Waals surface area contributed by atoms with E-state index in [4.69, 9.17) is 0 Å². The van der Waals surface area contributed by atoms with E-state index in [1.54, 1.807) is 24.5 Å². The fourth-order valence-corrected chi connectivity index (χ4v) is 9.66. The second-order valence-electron chi connectivity index (χ2n) is 13.8. The Kier molecular flexibility index (Phi) is 10.3. The Labute approximate surface area is 305 Å². The Bertz CT molecular complexity index is 2260. The van der Waals surface area contributed by atoms with Crippen molar-refractivity contribution in [3.8, 4) is 11.3 Å². The van der Waals surface area contributed by atoms with E-state index in [1.165, 1.54) is 15.6 Å². The van der Waals surface area contributed by atoms with Gasteiger partial charge in [0, 0.05) is 54.9 Å². The van der Waals surface area contributed by atoms with Crippen molar-refractivity contribution in [1.82, 2.24) is 19.2 Å². The van der Waals surface area contributed by atoms with Crippen molar-refractivity contribution >= 4 is 48.9 Å². The lowest BCUT2D eigenvalue weighted by Gasteiger charge is -2.28. The summed E-state index contributed by atoms with van der Waals surface area (Å²) in [7, 11) is -4.53. The van der Waals surface area contributed by atoms with E-state index in [-0.39, 0.29) is 25.4 Å². The number of sulfonamides is 1. The second kappa shape index (κ2) is 14.6. The highest BCUT2D eigenvalue weighted by atomic mass is 32.2. The summed E-state index contributed by atoms with van der Waals surface area (Å²) in [6.45, 7) is 9.31. The molecule has 1 fully saturated rings. The molecule has 1 aliphatic rings. The lowest BCUT2D eigenvalue weighted by atomic mass is 9.89. The van der Waals surface area contributed by atoms with Crippen LogP contribution in [0.5, 0.6) is 0 Å². The highest BCUT2D eigenvalue weighted by Gasteiger charge is 2.38. The fourth-order valence-electron chi connectivity index (χ4n) is 6.90. The summed E-state index contributed by atoms with van der Waals surface area (Å²) in [5.74, 6) is 0.0723. The lowest BCUT2D eigenvalue weighted by molar-refractivity contribution is -0.396. The normalized spacial score (nSPS) is 13.7. The molecule has 0 bridgehead atoms. The zero-order valence-electron chi connectivity index (χ0n) is 29.4. The Morgan fingerprint density at radius 2 is 1.60 bits per heavy atom. The van der Waals surface area contributed by atoms with Crippen LogP contribution in [0, 0.1) is 34.1 Å². The minimum atomic E-state index is -4.53. The number of non-ortho nitro benzene ring substituents is 1. The molecule has 0 atom stereocenters. The van der Waals surface area contributed by atoms with Gasteiger partial charge in [0.2, 0.25) is 15.9 Å². The van der Waals surface area contributed by atoms with Gasteiger partial charge in [-0.1, -0.05) is 17.2 Å².